The number of halogens is 1. The van der Waals surface area contributed by atoms with Crippen molar-refractivity contribution in [2.75, 3.05) is 13.2 Å². The van der Waals surface area contributed by atoms with Crippen molar-refractivity contribution >= 4 is 21.8 Å². The van der Waals surface area contributed by atoms with E-state index in [1.165, 1.54) is 0 Å². The first-order valence-corrected chi connectivity index (χ1v) is 7.53. The summed E-state index contributed by atoms with van der Waals surface area (Å²) in [5.41, 5.74) is 0.794. The lowest BCUT2D eigenvalue weighted by atomic mass is 9.95. The Kier molecular flexibility index (Phi) is 4.63. The van der Waals surface area contributed by atoms with Gasteiger partial charge in [0.1, 0.15) is 0 Å². The highest BCUT2D eigenvalue weighted by Crippen LogP contribution is 2.48. The number of carbonyl (C=O) groups is 1. The molecule has 1 atom stereocenters. The number of amides is 1. The van der Waals surface area contributed by atoms with Gasteiger partial charge in [-0.15, -0.1) is 0 Å². The Morgan fingerprint density at radius 3 is 2.58 bits per heavy atom. The molecule has 1 aliphatic carbocycles. The molecular weight excluding hydrogens is 306 g/mol. The topological polar surface area (TPSA) is 49.3 Å². The molecule has 0 saturated heterocycles. The highest BCUT2D eigenvalue weighted by Gasteiger charge is 2.51. The Morgan fingerprint density at radius 1 is 1.42 bits per heavy atom. The maximum Gasteiger partial charge on any atom is 0.230 e. The van der Waals surface area contributed by atoms with Crippen molar-refractivity contribution in [2.24, 2.45) is 5.92 Å². The molecule has 0 spiro atoms. The van der Waals surface area contributed by atoms with E-state index in [0.717, 1.165) is 29.3 Å². The molecule has 0 radical (unpaired) electrons. The third-order valence-corrected chi connectivity index (χ3v) is 4.34. The average molecular weight is 326 g/mol. The summed E-state index contributed by atoms with van der Waals surface area (Å²) in [6, 6.07) is 8.01. The summed E-state index contributed by atoms with van der Waals surface area (Å²) in [6.45, 7) is 2.85. The second-order valence-corrected chi connectivity index (χ2v) is 6.33. The Bertz CT molecular complexity index is 440. The Morgan fingerprint density at radius 2 is 2.05 bits per heavy atom. The number of benzene rings is 1. The predicted octanol–water partition coefficient (Wildman–Crippen LogP) is 2.62. The minimum Gasteiger partial charge on any atom is -0.396 e. The van der Waals surface area contributed by atoms with Crippen molar-refractivity contribution in [1.82, 2.24) is 5.32 Å². The maximum absolute atomic E-state index is 12.3. The van der Waals surface area contributed by atoms with Crippen LogP contribution in [-0.4, -0.2) is 24.2 Å². The van der Waals surface area contributed by atoms with Gasteiger partial charge in [-0.1, -0.05) is 35.0 Å². The molecular formula is C15H20BrNO2. The summed E-state index contributed by atoms with van der Waals surface area (Å²) >= 11 is 3.41. The summed E-state index contributed by atoms with van der Waals surface area (Å²) in [5, 5.41) is 11.9. The zero-order chi connectivity index (χ0) is 13.9. The van der Waals surface area contributed by atoms with Crippen LogP contribution in [0.1, 0.15) is 31.7 Å². The van der Waals surface area contributed by atoms with Crippen molar-refractivity contribution < 1.29 is 9.90 Å². The van der Waals surface area contributed by atoms with Crippen LogP contribution < -0.4 is 5.32 Å². The van der Waals surface area contributed by atoms with E-state index in [2.05, 4.69) is 21.2 Å². The zero-order valence-electron chi connectivity index (χ0n) is 11.2. The maximum atomic E-state index is 12.3. The molecule has 1 aliphatic rings. The average Bonchev–Trinajstić information content (AvgIpc) is 3.19. The van der Waals surface area contributed by atoms with Gasteiger partial charge in [0, 0.05) is 17.6 Å². The third kappa shape index (κ3) is 3.37. The van der Waals surface area contributed by atoms with Gasteiger partial charge in [-0.25, -0.2) is 0 Å². The fourth-order valence-corrected chi connectivity index (χ4v) is 2.56. The van der Waals surface area contributed by atoms with Crippen LogP contribution in [-0.2, 0) is 10.2 Å². The standard InChI is InChI=1S/C15H20BrNO2/c1-11(6-9-18)10-17-14(19)15(7-8-15)12-2-4-13(16)5-3-12/h2-5,11,18H,6-10H2,1H3,(H,17,19). The molecule has 1 saturated carbocycles. The molecule has 1 aromatic carbocycles. The number of hydrogen-bond acceptors (Lipinski definition) is 2. The molecule has 104 valence electrons. The minimum atomic E-state index is -0.306. The van der Waals surface area contributed by atoms with Gasteiger partial charge in [-0.2, -0.15) is 0 Å². The number of carbonyl (C=O) groups excluding carboxylic acids is 1. The molecule has 19 heavy (non-hydrogen) atoms. The summed E-state index contributed by atoms with van der Waals surface area (Å²) in [6.07, 6.45) is 2.58. The van der Waals surface area contributed by atoms with Crippen molar-refractivity contribution in [1.29, 1.82) is 0 Å². The Hall–Kier alpha value is -0.870. The summed E-state index contributed by atoms with van der Waals surface area (Å²) in [4.78, 5) is 12.3. The molecule has 2 N–H and O–H groups in total. The van der Waals surface area contributed by atoms with Gasteiger partial charge in [0.05, 0.1) is 5.41 Å². The summed E-state index contributed by atoms with van der Waals surface area (Å²) < 4.78 is 1.03. The van der Waals surface area contributed by atoms with Crippen molar-refractivity contribution in [3.8, 4) is 0 Å². The predicted molar refractivity (Wildman–Crippen MR) is 78.9 cm³/mol. The molecule has 4 heteroatoms. The number of hydrogen-bond donors (Lipinski definition) is 2. The van der Waals surface area contributed by atoms with Gasteiger partial charge in [0.2, 0.25) is 5.91 Å². The van der Waals surface area contributed by atoms with E-state index in [9.17, 15) is 4.79 Å². The van der Waals surface area contributed by atoms with Gasteiger partial charge in [0.15, 0.2) is 0 Å². The number of aliphatic hydroxyl groups is 1. The van der Waals surface area contributed by atoms with Gasteiger partial charge >= 0.3 is 0 Å². The van der Waals surface area contributed by atoms with E-state index in [0.29, 0.717) is 12.5 Å². The number of aliphatic hydroxyl groups excluding tert-OH is 1. The highest BCUT2D eigenvalue weighted by atomic mass is 79.9. The summed E-state index contributed by atoms with van der Waals surface area (Å²) in [5.74, 6) is 0.439. The quantitative estimate of drug-likeness (QED) is 0.844. The van der Waals surface area contributed by atoms with Crippen LogP contribution in [0.25, 0.3) is 0 Å². The van der Waals surface area contributed by atoms with E-state index in [4.69, 9.17) is 5.11 Å². The van der Waals surface area contributed by atoms with Crippen LogP contribution in [0.5, 0.6) is 0 Å². The summed E-state index contributed by atoms with van der Waals surface area (Å²) in [7, 11) is 0. The fraction of sp³-hybridized carbons (Fsp3) is 0.533. The molecule has 2 rings (SSSR count). The van der Waals surface area contributed by atoms with Gasteiger partial charge in [-0.3, -0.25) is 4.79 Å². The van der Waals surface area contributed by atoms with Crippen LogP contribution in [0.3, 0.4) is 0 Å². The number of nitrogens with one attached hydrogen (secondary N) is 1. The van der Waals surface area contributed by atoms with Crippen molar-refractivity contribution in [3.63, 3.8) is 0 Å². The molecule has 0 aliphatic heterocycles. The van der Waals surface area contributed by atoms with Crippen molar-refractivity contribution in [3.05, 3.63) is 34.3 Å². The molecule has 1 aromatic rings. The molecule has 0 bridgehead atoms. The van der Waals surface area contributed by atoms with Crippen molar-refractivity contribution in [2.45, 2.75) is 31.6 Å². The van der Waals surface area contributed by atoms with Gasteiger partial charge in [-0.05, 0) is 42.9 Å². The largest absolute Gasteiger partial charge is 0.396 e. The van der Waals surface area contributed by atoms with Crippen LogP contribution in [0.2, 0.25) is 0 Å². The minimum absolute atomic E-state index is 0.125. The highest BCUT2D eigenvalue weighted by molar-refractivity contribution is 9.10. The van der Waals surface area contributed by atoms with Gasteiger partial charge in [0.25, 0.3) is 0 Å². The smallest absolute Gasteiger partial charge is 0.230 e. The van der Waals surface area contributed by atoms with E-state index in [1.807, 2.05) is 31.2 Å². The first-order valence-electron chi connectivity index (χ1n) is 6.74. The second kappa shape index (κ2) is 6.06. The first kappa shape index (κ1) is 14.5. The Labute approximate surface area is 122 Å². The monoisotopic (exact) mass is 325 g/mol. The normalized spacial score (nSPS) is 17.8. The molecule has 0 heterocycles. The molecule has 1 fully saturated rings. The van der Waals surface area contributed by atoms with Crippen LogP contribution >= 0.6 is 15.9 Å². The zero-order valence-corrected chi connectivity index (χ0v) is 12.7. The fourth-order valence-electron chi connectivity index (χ4n) is 2.30. The lowest BCUT2D eigenvalue weighted by Crippen LogP contribution is -2.37. The second-order valence-electron chi connectivity index (χ2n) is 5.42. The first-order chi connectivity index (χ1) is 9.08. The van der Waals surface area contributed by atoms with E-state index in [-0.39, 0.29) is 17.9 Å². The Balaban J connectivity index is 1.96. The molecule has 1 amide bonds. The van der Waals surface area contributed by atoms with Crippen LogP contribution in [0.15, 0.2) is 28.7 Å². The lowest BCUT2D eigenvalue weighted by Gasteiger charge is -2.18. The third-order valence-electron chi connectivity index (χ3n) is 3.81. The SMILES string of the molecule is CC(CCO)CNC(=O)C1(c2ccc(Br)cc2)CC1. The van der Waals surface area contributed by atoms with Crippen LogP contribution in [0, 0.1) is 5.92 Å². The van der Waals surface area contributed by atoms with Crippen LogP contribution in [0.4, 0.5) is 0 Å². The van der Waals surface area contributed by atoms with E-state index < -0.39 is 0 Å². The molecule has 1 unspecified atom stereocenters. The van der Waals surface area contributed by atoms with E-state index in [1.54, 1.807) is 0 Å². The molecule has 3 nitrogen and oxygen atoms in total. The molecule has 0 aromatic heterocycles. The van der Waals surface area contributed by atoms with E-state index >= 15 is 0 Å². The lowest BCUT2D eigenvalue weighted by molar-refractivity contribution is -0.123. The number of rotatable bonds is 6. The van der Waals surface area contributed by atoms with Gasteiger partial charge < -0.3 is 10.4 Å².